The number of hydrogen-bond acceptors (Lipinski definition) is 5. The van der Waals surface area contributed by atoms with Crippen molar-refractivity contribution < 1.29 is 18.4 Å². The Morgan fingerprint density at radius 2 is 1.72 bits per heavy atom. The molecule has 0 N–H and O–H groups in total. The highest BCUT2D eigenvalue weighted by Gasteiger charge is 2.14. The van der Waals surface area contributed by atoms with E-state index in [1.807, 2.05) is 0 Å². The topological polar surface area (TPSA) is 57.1 Å². The molecule has 1 atom stereocenters. The Morgan fingerprint density at radius 1 is 1.11 bits per heavy atom. The number of hydrogen-bond donors (Lipinski definition) is 0. The van der Waals surface area contributed by atoms with E-state index < -0.39 is 10.8 Å². The lowest BCUT2D eigenvalue weighted by molar-refractivity contribution is 0.324. The molecule has 0 bridgehead atoms. The summed E-state index contributed by atoms with van der Waals surface area (Å²) < 4.78 is 27.3. The second-order valence-electron chi connectivity index (χ2n) is 3.38. The molecule has 0 saturated heterocycles. The third kappa shape index (κ3) is 2.11. The highest BCUT2D eigenvalue weighted by atomic mass is 32.2. The molecule has 5 nitrogen and oxygen atoms in total. The van der Waals surface area contributed by atoms with Crippen molar-refractivity contribution in [3.05, 3.63) is 29.3 Å². The first-order valence-electron chi connectivity index (χ1n) is 5.08. The third-order valence-electron chi connectivity index (χ3n) is 2.43. The molecule has 1 aliphatic rings. The monoisotopic (exact) mass is 266 g/mol. The van der Waals surface area contributed by atoms with Gasteiger partial charge in [0.1, 0.15) is 0 Å². The molecule has 1 aromatic carbocycles. The molecule has 0 aromatic heterocycles. The number of ether oxygens (including phenoxy) is 3. The van der Waals surface area contributed by atoms with Crippen molar-refractivity contribution in [2.45, 2.75) is 0 Å². The van der Waals surface area contributed by atoms with Gasteiger partial charge < -0.3 is 19.2 Å². The van der Waals surface area contributed by atoms with Crippen molar-refractivity contribution in [3.8, 4) is 17.2 Å². The second kappa shape index (κ2) is 5.22. The van der Waals surface area contributed by atoms with E-state index in [4.69, 9.17) is 14.2 Å². The van der Waals surface area contributed by atoms with Gasteiger partial charge in [-0.1, -0.05) is 11.0 Å². The SMILES string of the molecule is COc1cc(C2=N[C-]=CS2=O)cc(OC)c1OC. The average molecular weight is 266 g/mol. The summed E-state index contributed by atoms with van der Waals surface area (Å²) >= 11 is 0. The van der Waals surface area contributed by atoms with Gasteiger partial charge in [0, 0.05) is 0 Å². The number of aliphatic imine (C=N–C) groups is 1. The molecule has 2 rings (SSSR count). The van der Waals surface area contributed by atoms with Gasteiger partial charge in [-0.3, -0.25) is 4.21 Å². The van der Waals surface area contributed by atoms with E-state index in [2.05, 4.69) is 11.2 Å². The van der Waals surface area contributed by atoms with Crippen molar-refractivity contribution in [2.24, 2.45) is 4.99 Å². The molecule has 0 fully saturated rings. The summed E-state index contributed by atoms with van der Waals surface area (Å²) in [4.78, 5) is 3.95. The van der Waals surface area contributed by atoms with Gasteiger partial charge in [-0.05, 0) is 28.0 Å². The molecule has 6 heteroatoms. The quantitative estimate of drug-likeness (QED) is 0.775. The third-order valence-corrected chi connectivity index (χ3v) is 3.46. The molecule has 0 amide bonds. The zero-order valence-corrected chi connectivity index (χ0v) is 11.0. The minimum absolute atomic E-state index is 0.425. The first-order chi connectivity index (χ1) is 8.71. The van der Waals surface area contributed by atoms with Crippen molar-refractivity contribution in [1.82, 2.24) is 0 Å². The van der Waals surface area contributed by atoms with Crippen molar-refractivity contribution in [3.63, 3.8) is 0 Å². The van der Waals surface area contributed by atoms with Crippen LogP contribution in [0.2, 0.25) is 0 Å². The van der Waals surface area contributed by atoms with Gasteiger partial charge in [-0.25, -0.2) is 0 Å². The van der Waals surface area contributed by atoms with Gasteiger partial charge >= 0.3 is 0 Å². The molecule has 1 aromatic rings. The van der Waals surface area contributed by atoms with Crippen LogP contribution >= 0.6 is 0 Å². The van der Waals surface area contributed by atoms with E-state index in [1.54, 1.807) is 12.1 Å². The largest absolute Gasteiger partial charge is 0.493 e. The predicted molar refractivity (Wildman–Crippen MR) is 68.6 cm³/mol. The van der Waals surface area contributed by atoms with Crippen LogP contribution in [0.1, 0.15) is 5.56 Å². The first-order valence-corrected chi connectivity index (χ1v) is 6.30. The highest BCUT2D eigenvalue weighted by Crippen LogP contribution is 2.38. The molecule has 1 heterocycles. The van der Waals surface area contributed by atoms with Crippen LogP contribution in [0, 0.1) is 6.20 Å². The van der Waals surface area contributed by atoms with E-state index in [-0.39, 0.29) is 0 Å². The van der Waals surface area contributed by atoms with Crippen LogP contribution in [0.15, 0.2) is 22.5 Å². The Labute approximate surface area is 108 Å². The maximum Gasteiger partial charge on any atom is 0.203 e. The van der Waals surface area contributed by atoms with Gasteiger partial charge in [-0.2, -0.15) is 0 Å². The van der Waals surface area contributed by atoms with E-state index >= 15 is 0 Å². The Kier molecular flexibility index (Phi) is 3.66. The normalized spacial score (nSPS) is 17.5. The van der Waals surface area contributed by atoms with Crippen LogP contribution in [0.5, 0.6) is 17.2 Å². The van der Waals surface area contributed by atoms with Crippen molar-refractivity contribution >= 4 is 15.8 Å². The zero-order chi connectivity index (χ0) is 13.1. The molecule has 1 aliphatic heterocycles. The number of benzene rings is 1. The van der Waals surface area contributed by atoms with Crippen LogP contribution in [0.4, 0.5) is 0 Å². The lowest BCUT2D eigenvalue weighted by atomic mass is 10.2. The molecular weight excluding hydrogens is 254 g/mol. The number of rotatable bonds is 4. The van der Waals surface area contributed by atoms with Crippen LogP contribution in [0.25, 0.3) is 0 Å². The molecule has 0 saturated carbocycles. The fraction of sp³-hybridized carbons (Fsp3) is 0.250. The molecule has 18 heavy (non-hydrogen) atoms. The minimum Gasteiger partial charge on any atom is -0.493 e. The van der Waals surface area contributed by atoms with Gasteiger partial charge in [0.15, 0.2) is 11.5 Å². The Morgan fingerprint density at radius 3 is 2.11 bits per heavy atom. The summed E-state index contributed by atoms with van der Waals surface area (Å²) in [6.07, 6.45) is 2.57. The minimum atomic E-state index is -1.28. The van der Waals surface area contributed by atoms with E-state index in [1.165, 1.54) is 26.7 Å². The van der Waals surface area contributed by atoms with Crippen LogP contribution < -0.4 is 14.2 Å². The Bertz CT molecular complexity index is 526. The maximum absolute atomic E-state index is 11.7. The summed E-state index contributed by atoms with van der Waals surface area (Å²) in [5, 5.41) is 1.83. The van der Waals surface area contributed by atoms with E-state index in [9.17, 15) is 4.21 Å². The molecule has 0 radical (unpaired) electrons. The number of methoxy groups -OCH3 is 3. The lowest BCUT2D eigenvalue weighted by Gasteiger charge is -2.16. The van der Waals surface area contributed by atoms with Crippen LogP contribution in [-0.2, 0) is 10.8 Å². The lowest BCUT2D eigenvalue weighted by Crippen LogP contribution is -2.05. The summed E-state index contributed by atoms with van der Waals surface area (Å²) in [6.45, 7) is 0. The summed E-state index contributed by atoms with van der Waals surface area (Å²) in [7, 11) is 3.30. The molecule has 96 valence electrons. The zero-order valence-electron chi connectivity index (χ0n) is 10.2. The molecule has 1 unspecified atom stereocenters. The van der Waals surface area contributed by atoms with Gasteiger partial charge in [0.25, 0.3) is 0 Å². The van der Waals surface area contributed by atoms with Gasteiger partial charge in [-0.15, -0.1) is 6.20 Å². The standard InChI is InChI=1S/C12H12NO4S/c1-15-9-6-8(12-13-4-5-18(12)14)7-10(16-2)11(9)17-3/h5-7H,1-3H3/q-1. The molecule has 0 aliphatic carbocycles. The predicted octanol–water partition coefficient (Wildman–Crippen LogP) is 1.50. The van der Waals surface area contributed by atoms with Crippen molar-refractivity contribution in [1.29, 1.82) is 0 Å². The van der Waals surface area contributed by atoms with Crippen LogP contribution in [-0.4, -0.2) is 30.6 Å². The van der Waals surface area contributed by atoms with Crippen molar-refractivity contribution in [2.75, 3.05) is 21.3 Å². The summed E-state index contributed by atoms with van der Waals surface area (Å²) in [5.74, 6) is 1.49. The molecular formula is C12H12NO4S-. The van der Waals surface area contributed by atoms with Gasteiger partial charge in [0.2, 0.25) is 5.75 Å². The highest BCUT2D eigenvalue weighted by molar-refractivity contribution is 8.04. The Hall–Kier alpha value is -1.82. The number of nitrogens with zero attached hydrogens (tertiary/aromatic N) is 1. The smallest absolute Gasteiger partial charge is 0.203 e. The van der Waals surface area contributed by atoms with Crippen LogP contribution in [0.3, 0.4) is 0 Å². The van der Waals surface area contributed by atoms with E-state index in [0.717, 1.165) is 0 Å². The fourth-order valence-corrected chi connectivity index (χ4v) is 2.37. The molecule has 0 spiro atoms. The second-order valence-corrected chi connectivity index (χ2v) is 4.59. The van der Waals surface area contributed by atoms with E-state index in [0.29, 0.717) is 27.9 Å². The maximum atomic E-state index is 11.7. The summed E-state index contributed by atoms with van der Waals surface area (Å²) in [6, 6.07) is 3.41. The fourth-order valence-electron chi connectivity index (χ4n) is 1.62. The first kappa shape index (κ1) is 12.6. The van der Waals surface area contributed by atoms with Gasteiger partial charge in [0.05, 0.1) is 21.3 Å². The Balaban J connectivity index is 2.54. The average Bonchev–Trinajstić information content (AvgIpc) is 2.83. The summed E-state index contributed by atoms with van der Waals surface area (Å²) in [5.41, 5.74) is 0.657.